The number of ether oxygens (including phenoxy) is 2. The number of hydrogen-bond acceptors (Lipinski definition) is 4. The van der Waals surface area contributed by atoms with Gasteiger partial charge in [-0.15, -0.1) is 0 Å². The molecule has 0 unspecified atom stereocenters. The molecule has 3 rings (SSSR count). The summed E-state index contributed by atoms with van der Waals surface area (Å²) in [7, 11) is 0. The van der Waals surface area contributed by atoms with E-state index in [-0.39, 0.29) is 24.8 Å². The molecule has 1 aliphatic rings. The standard InChI is InChI=1S/C25H30O4/c1-23(2,3)28-21(26)15-25(16-22(27)29-24(4,5)6)19-13-9-7-11-17(19)18-12-8-10-14-20(18)25/h7-14H,15-16H2,1-6H3. The molecule has 0 saturated carbocycles. The van der Waals surface area contributed by atoms with E-state index in [1.807, 2.05) is 90.1 Å². The van der Waals surface area contributed by atoms with Crippen molar-refractivity contribution >= 4 is 11.9 Å². The molecule has 2 aromatic rings. The van der Waals surface area contributed by atoms with E-state index in [0.717, 1.165) is 22.3 Å². The van der Waals surface area contributed by atoms with Gasteiger partial charge in [-0.1, -0.05) is 48.5 Å². The highest BCUT2D eigenvalue weighted by Gasteiger charge is 2.47. The summed E-state index contributed by atoms with van der Waals surface area (Å²) in [6.45, 7) is 11.1. The van der Waals surface area contributed by atoms with E-state index in [4.69, 9.17) is 9.47 Å². The van der Waals surface area contributed by atoms with Gasteiger partial charge in [0.15, 0.2) is 0 Å². The topological polar surface area (TPSA) is 52.6 Å². The summed E-state index contributed by atoms with van der Waals surface area (Å²) in [6, 6.07) is 15.9. The Morgan fingerprint density at radius 1 is 0.690 bits per heavy atom. The number of hydrogen-bond donors (Lipinski definition) is 0. The summed E-state index contributed by atoms with van der Waals surface area (Å²) in [5.41, 5.74) is 2.04. The normalized spacial score (nSPS) is 14.7. The molecule has 0 amide bonds. The SMILES string of the molecule is CC(C)(C)OC(=O)CC1(CC(=O)OC(C)(C)C)c2ccccc2-c2ccccc21. The van der Waals surface area contributed by atoms with Crippen LogP contribution >= 0.6 is 0 Å². The molecule has 4 heteroatoms. The van der Waals surface area contributed by atoms with Crippen LogP contribution in [0.1, 0.15) is 65.5 Å². The second kappa shape index (κ2) is 7.33. The highest BCUT2D eigenvalue weighted by atomic mass is 16.6. The van der Waals surface area contributed by atoms with Crippen molar-refractivity contribution in [1.82, 2.24) is 0 Å². The molecule has 29 heavy (non-hydrogen) atoms. The van der Waals surface area contributed by atoms with Crippen LogP contribution < -0.4 is 0 Å². The molecule has 0 radical (unpaired) electrons. The molecular formula is C25H30O4. The fourth-order valence-electron chi connectivity index (χ4n) is 4.11. The van der Waals surface area contributed by atoms with Gasteiger partial charge < -0.3 is 9.47 Å². The third kappa shape index (κ3) is 4.52. The van der Waals surface area contributed by atoms with E-state index in [9.17, 15) is 9.59 Å². The lowest BCUT2D eigenvalue weighted by atomic mass is 9.72. The van der Waals surface area contributed by atoms with Crippen molar-refractivity contribution in [2.24, 2.45) is 0 Å². The molecule has 0 N–H and O–H groups in total. The van der Waals surface area contributed by atoms with Crippen LogP contribution in [0.2, 0.25) is 0 Å². The van der Waals surface area contributed by atoms with Crippen LogP contribution in [0.25, 0.3) is 11.1 Å². The molecule has 0 spiro atoms. The molecule has 0 bridgehead atoms. The van der Waals surface area contributed by atoms with Crippen molar-refractivity contribution < 1.29 is 19.1 Å². The number of carbonyl (C=O) groups is 2. The van der Waals surface area contributed by atoms with Crippen molar-refractivity contribution in [2.45, 2.75) is 71.0 Å². The van der Waals surface area contributed by atoms with Crippen LogP contribution in [0, 0.1) is 0 Å². The minimum atomic E-state index is -0.808. The number of carbonyl (C=O) groups excluding carboxylic acids is 2. The molecule has 0 aromatic heterocycles. The van der Waals surface area contributed by atoms with Crippen LogP contribution in [0.4, 0.5) is 0 Å². The molecule has 1 aliphatic carbocycles. The monoisotopic (exact) mass is 394 g/mol. The Bertz CT molecular complexity index is 851. The summed E-state index contributed by atoms with van der Waals surface area (Å²) in [4.78, 5) is 25.9. The zero-order valence-electron chi connectivity index (χ0n) is 18.2. The van der Waals surface area contributed by atoms with Crippen molar-refractivity contribution in [1.29, 1.82) is 0 Å². The van der Waals surface area contributed by atoms with Gasteiger partial charge in [-0.05, 0) is 63.8 Å². The average Bonchev–Trinajstić information content (AvgIpc) is 2.82. The van der Waals surface area contributed by atoms with E-state index in [2.05, 4.69) is 0 Å². The zero-order valence-corrected chi connectivity index (χ0v) is 18.2. The van der Waals surface area contributed by atoms with E-state index in [0.29, 0.717) is 0 Å². The zero-order chi connectivity index (χ0) is 21.4. The summed E-state index contributed by atoms with van der Waals surface area (Å²) < 4.78 is 11.3. The van der Waals surface area contributed by atoms with E-state index in [1.165, 1.54) is 0 Å². The maximum atomic E-state index is 12.9. The molecule has 0 heterocycles. The van der Waals surface area contributed by atoms with E-state index < -0.39 is 16.6 Å². The number of fused-ring (bicyclic) bond motifs is 3. The molecule has 0 aliphatic heterocycles. The Labute approximate surface area is 173 Å². The van der Waals surface area contributed by atoms with E-state index in [1.54, 1.807) is 0 Å². The first-order chi connectivity index (χ1) is 13.4. The van der Waals surface area contributed by atoms with Crippen LogP contribution in [-0.4, -0.2) is 23.1 Å². The maximum absolute atomic E-state index is 12.9. The Balaban J connectivity index is 2.11. The van der Waals surface area contributed by atoms with Crippen molar-refractivity contribution in [2.75, 3.05) is 0 Å². The van der Waals surface area contributed by atoms with Gasteiger partial charge in [0, 0.05) is 5.41 Å². The van der Waals surface area contributed by atoms with Gasteiger partial charge in [-0.2, -0.15) is 0 Å². The van der Waals surface area contributed by atoms with Crippen molar-refractivity contribution in [3.8, 4) is 11.1 Å². The van der Waals surface area contributed by atoms with Gasteiger partial charge in [-0.25, -0.2) is 0 Å². The molecule has 4 nitrogen and oxygen atoms in total. The Morgan fingerprint density at radius 2 is 1.03 bits per heavy atom. The molecule has 154 valence electrons. The van der Waals surface area contributed by atoms with Crippen LogP contribution in [0.5, 0.6) is 0 Å². The van der Waals surface area contributed by atoms with Gasteiger partial charge in [-0.3, -0.25) is 9.59 Å². The largest absolute Gasteiger partial charge is 0.460 e. The van der Waals surface area contributed by atoms with Gasteiger partial charge in [0.25, 0.3) is 0 Å². The van der Waals surface area contributed by atoms with Gasteiger partial charge in [0.05, 0.1) is 12.8 Å². The van der Waals surface area contributed by atoms with Crippen LogP contribution in [0.15, 0.2) is 48.5 Å². The predicted molar refractivity (Wildman–Crippen MR) is 114 cm³/mol. The fourth-order valence-corrected chi connectivity index (χ4v) is 4.11. The highest BCUT2D eigenvalue weighted by Crippen LogP contribution is 2.53. The summed E-state index contributed by atoms with van der Waals surface area (Å²) in [5.74, 6) is -0.653. The second-order valence-corrected chi connectivity index (χ2v) is 9.70. The summed E-state index contributed by atoms with van der Waals surface area (Å²) in [5, 5.41) is 0. The number of esters is 2. The average molecular weight is 395 g/mol. The van der Waals surface area contributed by atoms with Gasteiger partial charge >= 0.3 is 11.9 Å². The highest BCUT2D eigenvalue weighted by molar-refractivity contribution is 5.88. The Kier molecular flexibility index (Phi) is 5.33. The minimum absolute atomic E-state index is 0.0809. The number of rotatable bonds is 4. The summed E-state index contributed by atoms with van der Waals surface area (Å²) >= 11 is 0. The first kappa shape index (κ1) is 21.1. The van der Waals surface area contributed by atoms with Crippen molar-refractivity contribution in [3.05, 3.63) is 59.7 Å². The second-order valence-electron chi connectivity index (χ2n) is 9.70. The fraction of sp³-hybridized carbons (Fsp3) is 0.440. The van der Waals surface area contributed by atoms with Crippen LogP contribution in [0.3, 0.4) is 0 Å². The lowest BCUT2D eigenvalue weighted by Gasteiger charge is -2.33. The Morgan fingerprint density at radius 3 is 1.38 bits per heavy atom. The van der Waals surface area contributed by atoms with Gasteiger partial charge in [0.1, 0.15) is 11.2 Å². The van der Waals surface area contributed by atoms with Gasteiger partial charge in [0.2, 0.25) is 0 Å². The summed E-state index contributed by atoms with van der Waals surface area (Å²) in [6.07, 6.45) is 0.162. The predicted octanol–water partition coefficient (Wildman–Crippen LogP) is 5.42. The lowest BCUT2D eigenvalue weighted by molar-refractivity contribution is -0.158. The molecule has 2 aromatic carbocycles. The molecular weight excluding hydrogens is 364 g/mol. The molecule has 0 atom stereocenters. The third-order valence-corrected chi connectivity index (χ3v) is 4.91. The first-order valence-electron chi connectivity index (χ1n) is 10.0. The molecule has 0 fully saturated rings. The lowest BCUT2D eigenvalue weighted by Crippen LogP contribution is -2.36. The first-order valence-corrected chi connectivity index (χ1v) is 10.0. The van der Waals surface area contributed by atoms with Crippen LogP contribution in [-0.2, 0) is 24.5 Å². The van der Waals surface area contributed by atoms with Crippen molar-refractivity contribution in [3.63, 3.8) is 0 Å². The quantitative estimate of drug-likeness (QED) is 0.650. The third-order valence-electron chi connectivity index (χ3n) is 4.91. The molecule has 0 saturated heterocycles. The maximum Gasteiger partial charge on any atom is 0.307 e. The van der Waals surface area contributed by atoms with E-state index >= 15 is 0 Å². The Hall–Kier alpha value is -2.62. The number of benzene rings is 2. The smallest absolute Gasteiger partial charge is 0.307 e. The minimum Gasteiger partial charge on any atom is -0.460 e.